The Hall–Kier alpha value is -4.08. The van der Waals surface area contributed by atoms with Crippen molar-refractivity contribution >= 4 is 11.6 Å². The van der Waals surface area contributed by atoms with Gasteiger partial charge in [0.2, 0.25) is 0 Å². The maximum absolute atomic E-state index is 14.6. The van der Waals surface area contributed by atoms with E-state index < -0.39 is 11.6 Å². The molecule has 3 aromatic rings. The Kier molecular flexibility index (Phi) is 12.8. The molecule has 43 heavy (non-hydrogen) atoms. The molecule has 10 heteroatoms. The fourth-order valence-corrected chi connectivity index (χ4v) is 4.98. The van der Waals surface area contributed by atoms with Gasteiger partial charge in [-0.2, -0.15) is 10.2 Å². The Morgan fingerprint density at radius 3 is 2.42 bits per heavy atom. The van der Waals surface area contributed by atoms with Crippen LogP contribution in [0.1, 0.15) is 81.2 Å². The molecule has 0 spiro atoms. The van der Waals surface area contributed by atoms with E-state index in [9.17, 15) is 13.6 Å². The summed E-state index contributed by atoms with van der Waals surface area (Å²) in [5, 5.41) is 19.8. The number of likely N-dealkylation sites (N-methyl/N-ethyl adjacent to an activating group) is 1. The summed E-state index contributed by atoms with van der Waals surface area (Å²) in [7, 11) is 0. The third kappa shape index (κ3) is 8.95. The zero-order chi connectivity index (χ0) is 31.4. The van der Waals surface area contributed by atoms with Gasteiger partial charge in [0, 0.05) is 18.7 Å². The lowest BCUT2D eigenvalue weighted by Crippen LogP contribution is -2.32. The van der Waals surface area contributed by atoms with Crippen LogP contribution in [0, 0.1) is 30.4 Å². The van der Waals surface area contributed by atoms with Crippen molar-refractivity contribution in [2.75, 3.05) is 19.6 Å². The average Bonchev–Trinajstić information content (AvgIpc) is 3.34. The van der Waals surface area contributed by atoms with Crippen molar-refractivity contribution in [2.24, 2.45) is 22.1 Å². The molecular weight excluding hydrogens is 548 g/mol. The summed E-state index contributed by atoms with van der Waals surface area (Å²) in [6, 6.07) is 11.4. The largest absolute Gasteiger partial charge is 0.335 e. The number of hydrogen-bond acceptors (Lipinski definition) is 6. The first-order chi connectivity index (χ1) is 20.8. The highest BCUT2D eigenvalue weighted by molar-refractivity contribution is 5.94. The summed E-state index contributed by atoms with van der Waals surface area (Å²) in [4.78, 5) is 15.2. The highest BCUT2D eigenvalue weighted by atomic mass is 19.1. The van der Waals surface area contributed by atoms with E-state index >= 15 is 0 Å². The van der Waals surface area contributed by atoms with Gasteiger partial charge in [0.25, 0.3) is 5.91 Å². The molecule has 230 valence electrons. The third-order valence-electron chi connectivity index (χ3n) is 7.55. The van der Waals surface area contributed by atoms with Gasteiger partial charge in [-0.05, 0) is 92.1 Å². The van der Waals surface area contributed by atoms with E-state index in [4.69, 9.17) is 0 Å². The molecule has 1 aliphatic rings. The highest BCUT2D eigenvalue weighted by Gasteiger charge is 2.23. The molecule has 0 aliphatic heterocycles. The van der Waals surface area contributed by atoms with Crippen molar-refractivity contribution in [3.05, 3.63) is 94.3 Å². The number of carbonyl (C=O) groups excluding carboxylic acids is 1. The maximum Gasteiger partial charge on any atom is 0.254 e. The Morgan fingerprint density at radius 1 is 1.12 bits per heavy atom. The molecule has 0 saturated heterocycles. The van der Waals surface area contributed by atoms with Gasteiger partial charge in [0.15, 0.2) is 0 Å². The number of tetrazole rings is 1. The SMILES string of the molecule is CC.CCN=N/C(=C\C1CC=C(CN(CC)C(=O)c2ccc(Cn3nnnc3C)cc2)CCC1C)c1c(F)cccc1F. The van der Waals surface area contributed by atoms with Gasteiger partial charge in [-0.3, -0.25) is 4.79 Å². The maximum atomic E-state index is 14.6. The van der Waals surface area contributed by atoms with Gasteiger partial charge in [-0.25, -0.2) is 13.5 Å². The van der Waals surface area contributed by atoms with Gasteiger partial charge in [0.1, 0.15) is 17.5 Å². The number of halogens is 2. The van der Waals surface area contributed by atoms with E-state index in [-0.39, 0.29) is 29.0 Å². The van der Waals surface area contributed by atoms with E-state index in [1.54, 1.807) is 4.68 Å². The number of aryl methyl sites for hydroxylation is 1. The number of amides is 1. The third-order valence-corrected chi connectivity index (χ3v) is 7.55. The molecule has 0 saturated carbocycles. The summed E-state index contributed by atoms with van der Waals surface area (Å²) in [5.74, 6) is -0.317. The van der Waals surface area contributed by atoms with Crippen LogP contribution in [0.2, 0.25) is 0 Å². The van der Waals surface area contributed by atoms with Crippen LogP contribution in [0.25, 0.3) is 5.70 Å². The fourth-order valence-electron chi connectivity index (χ4n) is 4.98. The molecule has 2 aromatic carbocycles. The van der Waals surface area contributed by atoms with Crippen LogP contribution < -0.4 is 0 Å². The number of allylic oxidation sites excluding steroid dienone is 2. The van der Waals surface area contributed by atoms with Crippen LogP contribution in [0.5, 0.6) is 0 Å². The van der Waals surface area contributed by atoms with Crippen LogP contribution in [0.4, 0.5) is 8.78 Å². The van der Waals surface area contributed by atoms with Crippen LogP contribution in [-0.4, -0.2) is 50.6 Å². The molecule has 1 heterocycles. The first-order valence-corrected chi connectivity index (χ1v) is 15.1. The van der Waals surface area contributed by atoms with Crippen molar-refractivity contribution in [2.45, 2.75) is 67.3 Å². The topological polar surface area (TPSA) is 88.6 Å². The van der Waals surface area contributed by atoms with Gasteiger partial charge >= 0.3 is 0 Å². The molecule has 8 nitrogen and oxygen atoms in total. The second kappa shape index (κ2) is 16.5. The first kappa shape index (κ1) is 33.4. The molecule has 1 aliphatic carbocycles. The summed E-state index contributed by atoms with van der Waals surface area (Å²) in [5.41, 5.74) is 2.90. The first-order valence-electron chi connectivity index (χ1n) is 15.1. The molecule has 4 rings (SSSR count). The second-order valence-electron chi connectivity index (χ2n) is 10.4. The lowest BCUT2D eigenvalue weighted by Gasteiger charge is -2.23. The molecule has 1 aromatic heterocycles. The Morgan fingerprint density at radius 2 is 1.81 bits per heavy atom. The number of hydrogen-bond donors (Lipinski definition) is 0. The smallest absolute Gasteiger partial charge is 0.254 e. The Bertz CT molecular complexity index is 1410. The molecular formula is C33H43F2N7O. The zero-order valence-electron chi connectivity index (χ0n) is 26.1. The molecule has 0 bridgehead atoms. The van der Waals surface area contributed by atoms with E-state index in [0.717, 1.165) is 24.2 Å². The highest BCUT2D eigenvalue weighted by Crippen LogP contribution is 2.33. The van der Waals surface area contributed by atoms with Gasteiger partial charge in [0.05, 0.1) is 24.4 Å². The summed E-state index contributed by atoms with van der Waals surface area (Å²) in [6.07, 6.45) is 6.45. The van der Waals surface area contributed by atoms with Gasteiger partial charge < -0.3 is 4.90 Å². The molecule has 1 amide bonds. The normalized spacial score (nSPS) is 17.2. The molecule has 0 N–H and O–H groups in total. The van der Waals surface area contributed by atoms with Crippen molar-refractivity contribution in [3.8, 4) is 0 Å². The van der Waals surface area contributed by atoms with E-state index in [1.165, 1.54) is 23.8 Å². The molecule has 2 unspecified atom stereocenters. The minimum absolute atomic E-state index is 0.0235. The minimum Gasteiger partial charge on any atom is -0.335 e. The summed E-state index contributed by atoms with van der Waals surface area (Å²) in [6.45, 7) is 13.9. The number of azo groups is 1. The van der Waals surface area contributed by atoms with Crippen molar-refractivity contribution < 1.29 is 13.6 Å². The second-order valence-corrected chi connectivity index (χ2v) is 10.4. The number of aromatic nitrogens is 4. The van der Waals surface area contributed by atoms with Gasteiger partial charge in [-0.15, -0.1) is 5.10 Å². The van der Waals surface area contributed by atoms with E-state index in [1.807, 2.05) is 69.9 Å². The van der Waals surface area contributed by atoms with Crippen LogP contribution in [-0.2, 0) is 6.54 Å². The van der Waals surface area contributed by atoms with Crippen molar-refractivity contribution in [1.82, 2.24) is 25.1 Å². The van der Waals surface area contributed by atoms with Crippen LogP contribution in [0.3, 0.4) is 0 Å². The Balaban J connectivity index is 0.00000248. The number of benzene rings is 2. The predicted octanol–water partition coefficient (Wildman–Crippen LogP) is 7.67. The minimum atomic E-state index is -0.653. The van der Waals surface area contributed by atoms with Gasteiger partial charge in [-0.1, -0.05) is 56.7 Å². The van der Waals surface area contributed by atoms with Crippen molar-refractivity contribution in [1.29, 1.82) is 0 Å². The number of nitrogens with zero attached hydrogens (tertiary/aromatic N) is 7. The summed E-state index contributed by atoms with van der Waals surface area (Å²) < 4.78 is 30.9. The van der Waals surface area contributed by atoms with E-state index in [0.29, 0.717) is 38.2 Å². The van der Waals surface area contributed by atoms with Crippen molar-refractivity contribution in [3.63, 3.8) is 0 Å². The number of rotatable bonds is 10. The molecule has 2 atom stereocenters. The van der Waals surface area contributed by atoms with Crippen LogP contribution in [0.15, 0.2) is 70.4 Å². The number of carbonyl (C=O) groups is 1. The lowest BCUT2D eigenvalue weighted by molar-refractivity contribution is 0.0777. The molecule has 0 radical (unpaired) electrons. The fraction of sp³-hybridized carbons (Fsp3) is 0.455. The van der Waals surface area contributed by atoms with Crippen LogP contribution >= 0.6 is 0 Å². The quantitative estimate of drug-likeness (QED) is 0.179. The zero-order valence-corrected chi connectivity index (χ0v) is 26.1. The Labute approximate surface area is 253 Å². The summed E-state index contributed by atoms with van der Waals surface area (Å²) >= 11 is 0. The standard InChI is InChI=1S/C31H37F2N7O.C2H6/c1-5-34-36-29(30-27(32)8-7-9-28(30)33)18-26-17-14-23(11-10-21(26)3)19-39(6-2)31(41)25-15-12-24(13-16-25)20-40-22(4)35-37-38-40;1-2/h7-9,12-16,18,21,26H,5-6,10-11,17,19-20H2,1-4H3;1-2H3/b29-18-,36-34?;. The predicted molar refractivity (Wildman–Crippen MR) is 165 cm³/mol. The van der Waals surface area contributed by atoms with E-state index in [2.05, 4.69) is 38.8 Å². The average molecular weight is 592 g/mol. The molecule has 0 fully saturated rings. The lowest BCUT2D eigenvalue weighted by atomic mass is 9.88. The monoisotopic (exact) mass is 591 g/mol.